The van der Waals surface area contributed by atoms with Crippen LogP contribution in [0.4, 0.5) is 4.79 Å². The lowest BCUT2D eigenvalue weighted by molar-refractivity contribution is -0.120. The summed E-state index contributed by atoms with van der Waals surface area (Å²) < 4.78 is 1.74. The number of hydrogen-bond acceptors (Lipinski definition) is 5. The lowest BCUT2D eigenvalue weighted by Gasteiger charge is -2.23. The van der Waals surface area contributed by atoms with Crippen LogP contribution < -0.4 is 16.6 Å². The number of fused-ring (bicyclic) bond motifs is 1. The first-order valence-corrected chi connectivity index (χ1v) is 10.0. The van der Waals surface area contributed by atoms with Crippen molar-refractivity contribution >= 4 is 34.6 Å². The number of carbonyl (C=O) groups excluding carboxylic acids is 2. The van der Waals surface area contributed by atoms with Gasteiger partial charge in [0, 0.05) is 6.04 Å². The van der Waals surface area contributed by atoms with Crippen LogP contribution in [0.5, 0.6) is 0 Å². The molecule has 3 rings (SSSR count). The minimum absolute atomic E-state index is 0.0743. The number of primary amides is 1. The van der Waals surface area contributed by atoms with Gasteiger partial charge in [0.25, 0.3) is 5.56 Å². The van der Waals surface area contributed by atoms with Gasteiger partial charge in [-0.2, -0.15) is 0 Å². The number of amides is 3. The maximum atomic E-state index is 13.2. The Balaban J connectivity index is 2.08. The Morgan fingerprint density at radius 3 is 2.56 bits per heavy atom. The van der Waals surface area contributed by atoms with E-state index < -0.39 is 17.2 Å². The smallest absolute Gasteiger partial charge is 0.318 e. The molecular formula is C19H24N4O3S. The minimum Gasteiger partial charge on any atom is -0.351 e. The van der Waals surface area contributed by atoms with Crippen LogP contribution in [-0.2, 0) is 4.79 Å². The van der Waals surface area contributed by atoms with E-state index in [2.05, 4.69) is 5.32 Å². The molecule has 1 atom stereocenters. The number of para-hydroxylation sites is 1. The molecule has 1 heterocycles. The van der Waals surface area contributed by atoms with E-state index >= 15 is 0 Å². The summed E-state index contributed by atoms with van der Waals surface area (Å²) in [4.78, 5) is 41.4. The number of nitrogens with zero attached hydrogens (tertiary/aromatic N) is 2. The van der Waals surface area contributed by atoms with E-state index in [9.17, 15) is 14.4 Å². The first-order chi connectivity index (χ1) is 12.9. The summed E-state index contributed by atoms with van der Waals surface area (Å²) in [5.74, 6) is -0.544. The van der Waals surface area contributed by atoms with Gasteiger partial charge < -0.3 is 5.73 Å². The lowest BCUT2D eigenvalue weighted by atomic mass is 10.1. The Hall–Kier alpha value is -2.35. The van der Waals surface area contributed by atoms with Gasteiger partial charge in [0.2, 0.25) is 5.91 Å². The van der Waals surface area contributed by atoms with E-state index in [1.807, 2.05) is 26.0 Å². The number of aromatic nitrogens is 2. The zero-order chi connectivity index (χ0) is 19.6. The Bertz CT molecular complexity index is 919. The molecular weight excluding hydrogens is 364 g/mol. The fourth-order valence-corrected chi connectivity index (χ4v) is 4.65. The Morgan fingerprint density at radius 2 is 1.93 bits per heavy atom. The molecule has 0 bridgehead atoms. The van der Waals surface area contributed by atoms with Crippen LogP contribution in [0.3, 0.4) is 0 Å². The van der Waals surface area contributed by atoms with Gasteiger partial charge in [-0.05, 0) is 30.9 Å². The average Bonchev–Trinajstić information content (AvgIpc) is 3.13. The fraction of sp³-hybridized carbons (Fsp3) is 0.474. The number of carbonyl (C=O) groups is 2. The third kappa shape index (κ3) is 4.16. The van der Waals surface area contributed by atoms with Gasteiger partial charge in [-0.25, -0.2) is 9.78 Å². The van der Waals surface area contributed by atoms with E-state index in [4.69, 9.17) is 10.7 Å². The number of nitrogens with two attached hydrogens (primary N) is 1. The first-order valence-electron chi connectivity index (χ1n) is 9.16. The molecule has 7 nitrogen and oxygen atoms in total. The van der Waals surface area contributed by atoms with E-state index in [1.54, 1.807) is 16.7 Å². The van der Waals surface area contributed by atoms with E-state index in [-0.39, 0.29) is 17.5 Å². The Labute approximate surface area is 161 Å². The van der Waals surface area contributed by atoms with Crippen molar-refractivity contribution in [2.45, 2.75) is 56.0 Å². The molecule has 1 fully saturated rings. The highest BCUT2D eigenvalue weighted by Gasteiger charge is 2.29. The predicted octanol–water partition coefficient (Wildman–Crippen LogP) is 2.82. The highest BCUT2D eigenvalue weighted by molar-refractivity contribution is 8.00. The second-order valence-corrected chi connectivity index (χ2v) is 8.27. The number of rotatable bonds is 5. The van der Waals surface area contributed by atoms with Crippen molar-refractivity contribution in [1.82, 2.24) is 14.9 Å². The molecule has 2 aromatic rings. The van der Waals surface area contributed by atoms with Crippen molar-refractivity contribution in [3.63, 3.8) is 0 Å². The molecule has 0 spiro atoms. The van der Waals surface area contributed by atoms with Crippen molar-refractivity contribution in [2.75, 3.05) is 0 Å². The molecule has 0 radical (unpaired) electrons. The minimum atomic E-state index is -0.883. The van der Waals surface area contributed by atoms with Crippen LogP contribution in [0.1, 0.15) is 45.6 Å². The predicted molar refractivity (Wildman–Crippen MR) is 106 cm³/mol. The highest BCUT2D eigenvalue weighted by Crippen LogP contribution is 2.34. The summed E-state index contributed by atoms with van der Waals surface area (Å²) >= 11 is 1.22. The van der Waals surface area contributed by atoms with Gasteiger partial charge in [0.1, 0.15) is 0 Å². The van der Waals surface area contributed by atoms with Crippen LogP contribution in [0.25, 0.3) is 10.9 Å². The average molecular weight is 388 g/mol. The van der Waals surface area contributed by atoms with E-state index in [0.29, 0.717) is 16.1 Å². The van der Waals surface area contributed by atoms with Gasteiger partial charge in [-0.3, -0.25) is 19.5 Å². The van der Waals surface area contributed by atoms with Gasteiger partial charge in [0.05, 0.1) is 16.2 Å². The second-order valence-electron chi connectivity index (χ2n) is 7.16. The normalized spacial score (nSPS) is 16.0. The summed E-state index contributed by atoms with van der Waals surface area (Å²) in [6.07, 6.45) is 3.99. The van der Waals surface area contributed by atoms with Crippen LogP contribution in [0.2, 0.25) is 0 Å². The van der Waals surface area contributed by atoms with Crippen molar-refractivity contribution < 1.29 is 9.59 Å². The number of imide groups is 1. The number of hydrogen-bond donors (Lipinski definition) is 2. The molecule has 27 heavy (non-hydrogen) atoms. The summed E-state index contributed by atoms with van der Waals surface area (Å²) in [5.41, 5.74) is 5.63. The quantitative estimate of drug-likeness (QED) is 0.605. The largest absolute Gasteiger partial charge is 0.351 e. The number of urea groups is 1. The fourth-order valence-electron chi connectivity index (χ4n) is 3.49. The topological polar surface area (TPSA) is 107 Å². The monoisotopic (exact) mass is 388 g/mol. The molecule has 3 amide bonds. The van der Waals surface area contributed by atoms with E-state index in [0.717, 1.165) is 25.7 Å². The Kier molecular flexibility index (Phi) is 5.84. The number of thioether (sulfide) groups is 1. The summed E-state index contributed by atoms with van der Waals surface area (Å²) in [6, 6.07) is 6.45. The molecule has 3 N–H and O–H groups in total. The standard InChI is InChI=1S/C19H24N4O3S/c1-11(2)15(16(24)22-18(20)26)27-19-21-14-10-6-5-9-13(14)17(25)23(19)12-7-3-4-8-12/h5-6,9-12,15H,3-4,7-8H2,1-2H3,(H3,20,22,24,26)/t15-/m1/s1. The van der Waals surface area contributed by atoms with Crippen molar-refractivity contribution in [2.24, 2.45) is 11.7 Å². The van der Waals surface area contributed by atoms with Crippen molar-refractivity contribution in [3.8, 4) is 0 Å². The zero-order valence-electron chi connectivity index (χ0n) is 15.5. The number of nitrogens with one attached hydrogen (secondary N) is 1. The van der Waals surface area contributed by atoms with Crippen molar-refractivity contribution in [3.05, 3.63) is 34.6 Å². The highest BCUT2D eigenvalue weighted by atomic mass is 32.2. The van der Waals surface area contributed by atoms with E-state index in [1.165, 1.54) is 11.8 Å². The van der Waals surface area contributed by atoms with Gasteiger partial charge >= 0.3 is 6.03 Å². The molecule has 0 unspecified atom stereocenters. The molecule has 1 aromatic heterocycles. The summed E-state index contributed by atoms with van der Waals surface area (Å²) in [5, 5.41) is 2.66. The maximum Gasteiger partial charge on any atom is 0.318 e. The SMILES string of the molecule is CC(C)[C@@H](Sc1nc2ccccc2c(=O)n1C1CCCC1)C(=O)NC(N)=O. The molecule has 1 aliphatic rings. The van der Waals surface area contributed by atoms with Gasteiger partial charge in [-0.15, -0.1) is 0 Å². The lowest BCUT2D eigenvalue weighted by Crippen LogP contribution is -2.42. The molecule has 1 saturated carbocycles. The maximum absolute atomic E-state index is 13.2. The van der Waals surface area contributed by atoms with Crippen LogP contribution in [-0.4, -0.2) is 26.7 Å². The molecule has 1 aromatic carbocycles. The summed E-state index contributed by atoms with van der Waals surface area (Å²) in [6.45, 7) is 3.77. The van der Waals surface area contributed by atoms with Crippen molar-refractivity contribution in [1.29, 1.82) is 0 Å². The molecule has 144 valence electrons. The molecule has 8 heteroatoms. The first kappa shape index (κ1) is 19.4. The van der Waals surface area contributed by atoms with Gasteiger partial charge in [-0.1, -0.05) is 50.6 Å². The van der Waals surface area contributed by atoms with Gasteiger partial charge in [0.15, 0.2) is 5.16 Å². The second kappa shape index (κ2) is 8.12. The zero-order valence-corrected chi connectivity index (χ0v) is 16.3. The molecule has 1 aliphatic carbocycles. The third-order valence-electron chi connectivity index (χ3n) is 4.81. The third-order valence-corrected chi connectivity index (χ3v) is 6.32. The summed E-state index contributed by atoms with van der Waals surface area (Å²) in [7, 11) is 0. The molecule has 0 saturated heterocycles. The van der Waals surface area contributed by atoms with Crippen LogP contribution >= 0.6 is 11.8 Å². The number of benzene rings is 1. The van der Waals surface area contributed by atoms with Crippen LogP contribution in [0, 0.1) is 5.92 Å². The molecule has 0 aliphatic heterocycles. The van der Waals surface area contributed by atoms with Crippen LogP contribution in [0.15, 0.2) is 34.2 Å². The Morgan fingerprint density at radius 1 is 1.26 bits per heavy atom.